The molecule has 34 heavy (non-hydrogen) atoms. The zero-order valence-corrected chi connectivity index (χ0v) is 19.7. The van der Waals surface area contributed by atoms with E-state index in [1.807, 2.05) is 43.3 Å². The minimum atomic E-state index is -0.351. The predicted molar refractivity (Wildman–Crippen MR) is 131 cm³/mol. The van der Waals surface area contributed by atoms with Gasteiger partial charge in [0.2, 0.25) is 5.91 Å². The smallest absolute Gasteiger partial charge is 0.293 e. The molecule has 1 amide bonds. The third kappa shape index (κ3) is 5.17. The number of fused-ring (bicyclic) bond motifs is 1. The van der Waals surface area contributed by atoms with Crippen molar-refractivity contribution in [1.82, 2.24) is 24.7 Å². The SMILES string of the molecule is CCOc1ccc(CCNC(=O)Cn2nc(C)n3nc(-c4ccc(CC)cc4)cc3c2=O)cc1. The highest BCUT2D eigenvalue weighted by Gasteiger charge is 2.14. The van der Waals surface area contributed by atoms with Crippen molar-refractivity contribution in [1.29, 1.82) is 0 Å². The summed E-state index contributed by atoms with van der Waals surface area (Å²) in [6, 6.07) is 17.7. The van der Waals surface area contributed by atoms with Crippen LogP contribution < -0.4 is 15.6 Å². The van der Waals surface area contributed by atoms with E-state index >= 15 is 0 Å². The molecule has 2 heterocycles. The zero-order chi connectivity index (χ0) is 24.1. The standard InChI is InChI=1S/C26H29N5O3/c1-4-19-6-10-21(11-7-19)23-16-24-26(33)30(28-18(3)31(24)29-23)17-25(32)27-15-14-20-8-12-22(13-9-20)34-5-2/h6-13,16H,4-5,14-15,17H2,1-3H3,(H,27,32). The van der Waals surface area contributed by atoms with Gasteiger partial charge in [-0.25, -0.2) is 9.20 Å². The van der Waals surface area contributed by atoms with Gasteiger partial charge in [-0.3, -0.25) is 9.59 Å². The van der Waals surface area contributed by atoms with Gasteiger partial charge in [0.1, 0.15) is 23.6 Å². The van der Waals surface area contributed by atoms with Gasteiger partial charge in [0.25, 0.3) is 5.56 Å². The molecule has 8 heteroatoms. The molecule has 0 atom stereocenters. The maximum Gasteiger partial charge on any atom is 0.293 e. The third-order valence-electron chi connectivity index (χ3n) is 5.66. The average Bonchev–Trinajstić information content (AvgIpc) is 3.30. The molecule has 2 aromatic carbocycles. The zero-order valence-electron chi connectivity index (χ0n) is 19.7. The quantitative estimate of drug-likeness (QED) is 0.415. The molecule has 0 saturated heterocycles. The fourth-order valence-corrected chi connectivity index (χ4v) is 3.79. The number of nitrogens with zero attached hydrogens (tertiary/aromatic N) is 4. The van der Waals surface area contributed by atoms with Crippen LogP contribution in [0.2, 0.25) is 0 Å². The number of hydrogen-bond acceptors (Lipinski definition) is 5. The summed E-state index contributed by atoms with van der Waals surface area (Å²) in [6.07, 6.45) is 1.64. The number of benzene rings is 2. The van der Waals surface area contributed by atoms with E-state index in [9.17, 15) is 9.59 Å². The summed E-state index contributed by atoms with van der Waals surface area (Å²) in [5.41, 5.74) is 4.00. The Morgan fingerprint density at radius 3 is 2.38 bits per heavy atom. The first-order chi connectivity index (χ1) is 16.5. The molecule has 0 saturated carbocycles. The van der Waals surface area contributed by atoms with Crippen LogP contribution in [0.25, 0.3) is 16.8 Å². The van der Waals surface area contributed by atoms with E-state index in [1.54, 1.807) is 13.0 Å². The monoisotopic (exact) mass is 459 g/mol. The van der Waals surface area contributed by atoms with E-state index in [-0.39, 0.29) is 18.0 Å². The first-order valence-corrected chi connectivity index (χ1v) is 11.5. The lowest BCUT2D eigenvalue weighted by molar-refractivity contribution is -0.121. The number of aryl methyl sites for hydroxylation is 2. The van der Waals surface area contributed by atoms with Crippen LogP contribution in [-0.4, -0.2) is 38.5 Å². The van der Waals surface area contributed by atoms with E-state index in [0.717, 1.165) is 23.3 Å². The maximum absolute atomic E-state index is 13.0. The highest BCUT2D eigenvalue weighted by molar-refractivity contribution is 5.75. The van der Waals surface area contributed by atoms with Crippen LogP contribution in [0.5, 0.6) is 5.75 Å². The molecule has 0 unspecified atom stereocenters. The molecule has 0 radical (unpaired) electrons. The summed E-state index contributed by atoms with van der Waals surface area (Å²) >= 11 is 0. The van der Waals surface area contributed by atoms with E-state index in [4.69, 9.17) is 4.74 Å². The minimum absolute atomic E-state index is 0.148. The van der Waals surface area contributed by atoms with Crippen LogP contribution in [0, 0.1) is 6.92 Å². The van der Waals surface area contributed by atoms with Crippen LogP contribution in [0.4, 0.5) is 0 Å². The summed E-state index contributed by atoms with van der Waals surface area (Å²) in [5.74, 6) is 1.10. The van der Waals surface area contributed by atoms with Crippen LogP contribution in [0.3, 0.4) is 0 Å². The molecule has 176 valence electrons. The summed E-state index contributed by atoms with van der Waals surface area (Å²) in [7, 11) is 0. The lowest BCUT2D eigenvalue weighted by Crippen LogP contribution is -2.35. The molecule has 0 fully saturated rings. The van der Waals surface area contributed by atoms with Crippen LogP contribution in [0.1, 0.15) is 30.8 Å². The Morgan fingerprint density at radius 1 is 1.00 bits per heavy atom. The molecular weight excluding hydrogens is 430 g/mol. The Kier molecular flexibility index (Phi) is 7.06. The number of aromatic nitrogens is 4. The summed E-state index contributed by atoms with van der Waals surface area (Å²) in [5, 5.41) is 11.7. The van der Waals surface area contributed by atoms with Gasteiger partial charge < -0.3 is 10.1 Å². The minimum Gasteiger partial charge on any atom is -0.494 e. The number of ether oxygens (including phenoxy) is 1. The lowest BCUT2D eigenvalue weighted by Gasteiger charge is -2.09. The van der Waals surface area contributed by atoms with Crippen LogP contribution in [0.15, 0.2) is 59.4 Å². The van der Waals surface area contributed by atoms with Crippen molar-refractivity contribution in [3.63, 3.8) is 0 Å². The van der Waals surface area contributed by atoms with Crippen molar-refractivity contribution in [3.05, 3.63) is 81.9 Å². The molecule has 0 aliphatic heterocycles. The molecule has 8 nitrogen and oxygen atoms in total. The van der Waals surface area contributed by atoms with Crippen molar-refractivity contribution in [3.8, 4) is 17.0 Å². The summed E-state index contributed by atoms with van der Waals surface area (Å²) in [6.45, 7) is 6.76. The molecular formula is C26H29N5O3. The average molecular weight is 460 g/mol. The van der Waals surface area contributed by atoms with E-state index < -0.39 is 0 Å². The molecule has 2 aromatic heterocycles. The Hall–Kier alpha value is -3.94. The van der Waals surface area contributed by atoms with Gasteiger partial charge in [-0.05, 0) is 56.0 Å². The van der Waals surface area contributed by atoms with Gasteiger partial charge in [0.15, 0.2) is 0 Å². The Bertz CT molecular complexity index is 1340. The first kappa shape index (κ1) is 23.2. The topological polar surface area (TPSA) is 90.5 Å². The van der Waals surface area contributed by atoms with Crippen molar-refractivity contribution < 1.29 is 9.53 Å². The Labute approximate surface area is 198 Å². The maximum atomic E-state index is 13.0. The number of carbonyl (C=O) groups excluding carboxylic acids is 1. The van der Waals surface area contributed by atoms with Crippen LogP contribution in [-0.2, 0) is 24.2 Å². The molecule has 1 N–H and O–H groups in total. The second-order valence-corrected chi connectivity index (χ2v) is 8.06. The number of amides is 1. The Morgan fingerprint density at radius 2 is 1.71 bits per heavy atom. The van der Waals surface area contributed by atoms with Crippen molar-refractivity contribution in [2.45, 2.75) is 40.2 Å². The van der Waals surface area contributed by atoms with Gasteiger partial charge in [0.05, 0.1) is 12.3 Å². The van der Waals surface area contributed by atoms with Crippen molar-refractivity contribution in [2.75, 3.05) is 13.2 Å². The normalized spacial score (nSPS) is 11.0. The summed E-state index contributed by atoms with van der Waals surface area (Å²) < 4.78 is 8.17. The van der Waals surface area contributed by atoms with E-state index in [0.29, 0.717) is 36.6 Å². The van der Waals surface area contributed by atoms with Crippen molar-refractivity contribution in [2.24, 2.45) is 0 Å². The second-order valence-electron chi connectivity index (χ2n) is 8.06. The highest BCUT2D eigenvalue weighted by atomic mass is 16.5. The summed E-state index contributed by atoms with van der Waals surface area (Å²) in [4.78, 5) is 25.5. The number of rotatable bonds is 9. The predicted octanol–water partition coefficient (Wildman–Crippen LogP) is 3.19. The van der Waals surface area contributed by atoms with Gasteiger partial charge in [-0.2, -0.15) is 10.2 Å². The van der Waals surface area contributed by atoms with Gasteiger partial charge >= 0.3 is 0 Å². The van der Waals surface area contributed by atoms with Gasteiger partial charge in [0, 0.05) is 12.1 Å². The van der Waals surface area contributed by atoms with E-state index in [1.165, 1.54) is 14.8 Å². The van der Waals surface area contributed by atoms with Crippen LogP contribution >= 0.6 is 0 Å². The first-order valence-electron chi connectivity index (χ1n) is 11.5. The third-order valence-corrected chi connectivity index (χ3v) is 5.66. The lowest BCUT2D eigenvalue weighted by atomic mass is 10.1. The number of carbonyl (C=O) groups is 1. The molecule has 4 rings (SSSR count). The number of hydrogen-bond donors (Lipinski definition) is 1. The Balaban J connectivity index is 1.43. The van der Waals surface area contributed by atoms with E-state index in [2.05, 4.69) is 34.6 Å². The molecule has 0 aliphatic rings. The molecule has 0 spiro atoms. The highest BCUT2D eigenvalue weighted by Crippen LogP contribution is 2.20. The fourth-order valence-electron chi connectivity index (χ4n) is 3.79. The van der Waals surface area contributed by atoms with Gasteiger partial charge in [-0.15, -0.1) is 0 Å². The molecule has 4 aromatic rings. The number of nitrogens with one attached hydrogen (secondary N) is 1. The molecule has 0 bridgehead atoms. The van der Waals surface area contributed by atoms with Crippen molar-refractivity contribution >= 4 is 11.4 Å². The fraction of sp³-hybridized carbons (Fsp3) is 0.308. The largest absolute Gasteiger partial charge is 0.494 e. The molecule has 0 aliphatic carbocycles. The second kappa shape index (κ2) is 10.3. The van der Waals surface area contributed by atoms with Gasteiger partial charge in [-0.1, -0.05) is 43.3 Å².